The second kappa shape index (κ2) is 8.54. The average molecular weight is 287 g/mol. The highest BCUT2D eigenvalue weighted by Gasteiger charge is 2.12. The zero-order valence-corrected chi connectivity index (χ0v) is 12.7. The fourth-order valence-electron chi connectivity index (χ4n) is 1.88. The zero-order chi connectivity index (χ0) is 14.3. The van der Waals surface area contributed by atoms with E-state index in [1.807, 2.05) is 18.7 Å². The van der Waals surface area contributed by atoms with Crippen molar-refractivity contribution in [3.63, 3.8) is 0 Å². The molecule has 0 aromatic heterocycles. The molecule has 0 heterocycles. The zero-order valence-electron chi connectivity index (χ0n) is 11.9. The van der Waals surface area contributed by atoms with Crippen LogP contribution in [0, 0.1) is 17.6 Å². The van der Waals surface area contributed by atoms with Crippen LogP contribution in [-0.2, 0) is 6.42 Å². The first kappa shape index (κ1) is 16.4. The molecule has 1 N–H and O–H groups in total. The first-order chi connectivity index (χ1) is 9.02. The predicted molar refractivity (Wildman–Crippen MR) is 79.7 cm³/mol. The van der Waals surface area contributed by atoms with Gasteiger partial charge in [0.15, 0.2) is 0 Å². The van der Waals surface area contributed by atoms with Gasteiger partial charge in [0.25, 0.3) is 0 Å². The molecule has 1 aromatic carbocycles. The fraction of sp³-hybridized carbons (Fsp3) is 0.600. The Balaban J connectivity index is 2.56. The van der Waals surface area contributed by atoms with Crippen LogP contribution in [-0.4, -0.2) is 24.1 Å². The molecule has 0 amide bonds. The van der Waals surface area contributed by atoms with Crippen LogP contribution in [0.3, 0.4) is 0 Å². The minimum Gasteiger partial charge on any atom is -0.313 e. The number of rotatable bonds is 8. The van der Waals surface area contributed by atoms with Gasteiger partial charge in [-0.2, -0.15) is 11.8 Å². The van der Waals surface area contributed by atoms with E-state index in [9.17, 15) is 8.78 Å². The van der Waals surface area contributed by atoms with Gasteiger partial charge in [-0.05, 0) is 36.3 Å². The van der Waals surface area contributed by atoms with Crippen LogP contribution in [0.15, 0.2) is 18.2 Å². The molecule has 0 saturated carbocycles. The second-order valence-corrected chi connectivity index (χ2v) is 6.20. The van der Waals surface area contributed by atoms with Crippen molar-refractivity contribution in [3.05, 3.63) is 35.4 Å². The van der Waals surface area contributed by atoms with Crippen molar-refractivity contribution >= 4 is 11.8 Å². The topological polar surface area (TPSA) is 12.0 Å². The van der Waals surface area contributed by atoms with Crippen molar-refractivity contribution in [1.82, 2.24) is 5.32 Å². The van der Waals surface area contributed by atoms with E-state index in [-0.39, 0.29) is 6.04 Å². The predicted octanol–water partition coefficient (Wildman–Crippen LogP) is 3.87. The third-order valence-corrected chi connectivity index (χ3v) is 4.28. The average Bonchev–Trinajstić information content (AvgIpc) is 2.32. The van der Waals surface area contributed by atoms with Gasteiger partial charge in [-0.3, -0.25) is 0 Å². The minimum atomic E-state index is -0.518. The van der Waals surface area contributed by atoms with E-state index in [1.54, 1.807) is 6.07 Å². The highest BCUT2D eigenvalue weighted by atomic mass is 32.2. The number of halogens is 2. The van der Waals surface area contributed by atoms with E-state index in [1.165, 1.54) is 6.07 Å². The lowest BCUT2D eigenvalue weighted by atomic mass is 10.1. The molecule has 1 rings (SSSR count). The van der Waals surface area contributed by atoms with Crippen molar-refractivity contribution in [1.29, 1.82) is 0 Å². The Bertz CT molecular complexity index is 382. The van der Waals surface area contributed by atoms with Crippen LogP contribution in [0.1, 0.15) is 26.3 Å². The Morgan fingerprint density at radius 3 is 2.53 bits per heavy atom. The Kier molecular flexibility index (Phi) is 7.39. The second-order valence-electron chi connectivity index (χ2n) is 5.13. The lowest BCUT2D eigenvalue weighted by molar-refractivity contribution is 0.534. The summed E-state index contributed by atoms with van der Waals surface area (Å²) < 4.78 is 26.5. The van der Waals surface area contributed by atoms with Crippen molar-refractivity contribution in [2.75, 3.05) is 18.1 Å². The number of benzene rings is 1. The van der Waals surface area contributed by atoms with Gasteiger partial charge in [0.05, 0.1) is 0 Å². The molecule has 0 bridgehead atoms. The van der Waals surface area contributed by atoms with Crippen molar-refractivity contribution in [3.8, 4) is 0 Å². The molecule has 4 heteroatoms. The first-order valence-corrected chi connectivity index (χ1v) is 7.93. The third-order valence-electron chi connectivity index (χ3n) is 2.74. The molecule has 0 aliphatic rings. The summed E-state index contributed by atoms with van der Waals surface area (Å²) >= 11 is 1.88. The molecule has 108 valence electrons. The lowest BCUT2D eigenvalue weighted by Crippen LogP contribution is -2.33. The van der Waals surface area contributed by atoms with Gasteiger partial charge in [0.1, 0.15) is 11.6 Å². The first-order valence-electron chi connectivity index (χ1n) is 6.78. The number of hydrogen-bond donors (Lipinski definition) is 1. The summed E-state index contributed by atoms with van der Waals surface area (Å²) in [5.41, 5.74) is 0.581. The maximum atomic E-state index is 13.6. The molecule has 1 unspecified atom stereocenters. The van der Waals surface area contributed by atoms with Gasteiger partial charge in [0, 0.05) is 17.9 Å². The molecule has 0 aliphatic carbocycles. The SMILES string of the molecule is CCNC(CSCC(C)C)Cc1ccc(F)cc1F. The minimum absolute atomic E-state index is 0.230. The summed E-state index contributed by atoms with van der Waals surface area (Å²) in [7, 11) is 0. The summed E-state index contributed by atoms with van der Waals surface area (Å²) in [6.07, 6.45) is 0.602. The van der Waals surface area contributed by atoms with Gasteiger partial charge >= 0.3 is 0 Å². The summed E-state index contributed by atoms with van der Waals surface area (Å²) in [6.45, 7) is 7.28. The monoisotopic (exact) mass is 287 g/mol. The van der Waals surface area contributed by atoms with Crippen molar-refractivity contribution < 1.29 is 8.78 Å². The molecular weight excluding hydrogens is 264 g/mol. The third kappa shape index (κ3) is 6.39. The summed E-state index contributed by atoms with van der Waals surface area (Å²) in [5.74, 6) is 1.75. The fourth-order valence-corrected chi connectivity index (χ4v) is 3.01. The van der Waals surface area contributed by atoms with Crippen LogP contribution in [0.4, 0.5) is 8.78 Å². The smallest absolute Gasteiger partial charge is 0.129 e. The van der Waals surface area contributed by atoms with E-state index in [0.717, 1.165) is 24.1 Å². The van der Waals surface area contributed by atoms with Crippen molar-refractivity contribution in [2.24, 2.45) is 5.92 Å². The van der Waals surface area contributed by atoms with Gasteiger partial charge < -0.3 is 5.32 Å². The van der Waals surface area contributed by atoms with Crippen LogP contribution < -0.4 is 5.32 Å². The number of thioether (sulfide) groups is 1. The standard InChI is InChI=1S/C15H23F2NS/c1-4-18-14(10-19-9-11(2)3)7-12-5-6-13(16)8-15(12)17/h5-6,8,11,14,18H,4,7,9-10H2,1-3H3. The molecule has 0 spiro atoms. The van der Waals surface area contributed by atoms with E-state index < -0.39 is 11.6 Å². The molecule has 0 saturated heterocycles. The quantitative estimate of drug-likeness (QED) is 0.779. The lowest BCUT2D eigenvalue weighted by Gasteiger charge is -2.18. The van der Waals surface area contributed by atoms with Gasteiger partial charge in [-0.1, -0.05) is 26.8 Å². The molecule has 19 heavy (non-hydrogen) atoms. The Hall–Kier alpha value is -0.610. The Labute approximate surface area is 119 Å². The number of nitrogens with one attached hydrogen (secondary N) is 1. The molecule has 1 nitrogen and oxygen atoms in total. The van der Waals surface area contributed by atoms with E-state index in [2.05, 4.69) is 19.2 Å². The summed E-state index contributed by atoms with van der Waals surface area (Å²) in [6, 6.07) is 4.05. The van der Waals surface area contributed by atoms with Gasteiger partial charge in [-0.15, -0.1) is 0 Å². The summed E-state index contributed by atoms with van der Waals surface area (Å²) in [4.78, 5) is 0. The Morgan fingerprint density at radius 1 is 1.21 bits per heavy atom. The largest absolute Gasteiger partial charge is 0.313 e. The van der Waals surface area contributed by atoms with Crippen LogP contribution in [0.2, 0.25) is 0 Å². The maximum Gasteiger partial charge on any atom is 0.129 e. The van der Waals surface area contributed by atoms with E-state index >= 15 is 0 Å². The van der Waals surface area contributed by atoms with Gasteiger partial charge in [-0.25, -0.2) is 8.78 Å². The van der Waals surface area contributed by atoms with E-state index in [0.29, 0.717) is 17.9 Å². The molecular formula is C15H23F2NS. The molecule has 0 fully saturated rings. The summed E-state index contributed by atoms with van der Waals surface area (Å²) in [5, 5.41) is 3.37. The molecule has 0 radical (unpaired) electrons. The van der Waals surface area contributed by atoms with Gasteiger partial charge in [0.2, 0.25) is 0 Å². The van der Waals surface area contributed by atoms with Crippen LogP contribution >= 0.6 is 11.8 Å². The van der Waals surface area contributed by atoms with E-state index in [4.69, 9.17) is 0 Å². The Morgan fingerprint density at radius 2 is 1.95 bits per heavy atom. The van der Waals surface area contributed by atoms with Crippen molar-refractivity contribution in [2.45, 2.75) is 33.2 Å². The number of hydrogen-bond acceptors (Lipinski definition) is 2. The number of likely N-dealkylation sites (N-methyl/N-ethyl adjacent to an activating group) is 1. The molecule has 1 aromatic rings. The molecule has 1 atom stereocenters. The normalized spacial score (nSPS) is 12.9. The highest BCUT2D eigenvalue weighted by molar-refractivity contribution is 7.99. The highest BCUT2D eigenvalue weighted by Crippen LogP contribution is 2.15. The molecule has 0 aliphatic heterocycles. The maximum absolute atomic E-state index is 13.6. The van der Waals surface area contributed by atoms with Crippen LogP contribution in [0.5, 0.6) is 0 Å². The van der Waals surface area contributed by atoms with Crippen LogP contribution in [0.25, 0.3) is 0 Å².